The predicted octanol–water partition coefficient (Wildman–Crippen LogP) is 1.65. The highest BCUT2D eigenvalue weighted by atomic mass is 16.5. The van der Waals surface area contributed by atoms with Gasteiger partial charge in [-0.2, -0.15) is 5.10 Å². The van der Waals surface area contributed by atoms with Gasteiger partial charge in [0.25, 0.3) is 5.91 Å². The Bertz CT molecular complexity index is 709. The predicted molar refractivity (Wildman–Crippen MR) is 84.1 cm³/mol. The summed E-state index contributed by atoms with van der Waals surface area (Å²) in [5.41, 5.74) is 1.92. The number of para-hydroxylation sites is 2. The van der Waals surface area contributed by atoms with Crippen LogP contribution in [-0.2, 0) is 11.2 Å². The van der Waals surface area contributed by atoms with Gasteiger partial charge in [-0.05, 0) is 18.6 Å². The molecule has 0 aliphatic rings. The molecular formula is C16H19N3O4. The SMILES string of the molecule is CCc1c(C(=O)NCCC(=O)O)cnn1-c1ccccc1OC. The van der Waals surface area contributed by atoms with Crippen molar-refractivity contribution in [1.82, 2.24) is 15.1 Å². The summed E-state index contributed by atoms with van der Waals surface area (Å²) in [4.78, 5) is 22.7. The average Bonchev–Trinajstić information content (AvgIpc) is 2.98. The minimum absolute atomic E-state index is 0.0805. The number of amides is 1. The van der Waals surface area contributed by atoms with Crippen LogP contribution in [0.15, 0.2) is 30.5 Å². The van der Waals surface area contributed by atoms with Crippen molar-refractivity contribution < 1.29 is 19.4 Å². The maximum absolute atomic E-state index is 12.2. The minimum atomic E-state index is -0.953. The molecule has 23 heavy (non-hydrogen) atoms. The van der Waals surface area contributed by atoms with Crippen LogP contribution in [0, 0.1) is 0 Å². The summed E-state index contributed by atoms with van der Waals surface area (Å²) in [5, 5.41) is 15.5. The molecule has 2 rings (SSSR count). The zero-order valence-electron chi connectivity index (χ0n) is 13.1. The van der Waals surface area contributed by atoms with Crippen molar-refractivity contribution in [3.63, 3.8) is 0 Å². The second-order valence-electron chi connectivity index (χ2n) is 4.84. The number of methoxy groups -OCH3 is 1. The second-order valence-corrected chi connectivity index (χ2v) is 4.84. The van der Waals surface area contributed by atoms with Crippen LogP contribution in [0.5, 0.6) is 5.75 Å². The number of hydrogen-bond acceptors (Lipinski definition) is 4. The summed E-state index contributed by atoms with van der Waals surface area (Å²) in [6.45, 7) is 2.01. The van der Waals surface area contributed by atoms with Crippen molar-refractivity contribution in [2.24, 2.45) is 0 Å². The number of carboxylic acid groups (broad SMARTS) is 1. The van der Waals surface area contributed by atoms with E-state index in [-0.39, 0.29) is 18.9 Å². The average molecular weight is 317 g/mol. The van der Waals surface area contributed by atoms with Gasteiger partial charge >= 0.3 is 5.97 Å². The Hall–Kier alpha value is -2.83. The maximum Gasteiger partial charge on any atom is 0.305 e. The number of aliphatic carboxylic acids is 1. The number of nitrogens with zero attached hydrogens (tertiary/aromatic N) is 2. The molecule has 0 spiro atoms. The highest BCUT2D eigenvalue weighted by Crippen LogP contribution is 2.24. The van der Waals surface area contributed by atoms with E-state index in [1.165, 1.54) is 6.20 Å². The fourth-order valence-corrected chi connectivity index (χ4v) is 2.29. The first-order chi connectivity index (χ1) is 11.1. The van der Waals surface area contributed by atoms with Gasteiger partial charge in [-0.3, -0.25) is 9.59 Å². The van der Waals surface area contributed by atoms with Crippen molar-refractivity contribution in [2.45, 2.75) is 19.8 Å². The number of nitrogens with one attached hydrogen (secondary N) is 1. The molecule has 1 heterocycles. The fraction of sp³-hybridized carbons (Fsp3) is 0.312. The van der Waals surface area contributed by atoms with Crippen LogP contribution in [0.25, 0.3) is 5.69 Å². The molecule has 1 aromatic carbocycles. The molecule has 0 aliphatic carbocycles. The van der Waals surface area contributed by atoms with Gasteiger partial charge in [0.1, 0.15) is 11.4 Å². The largest absolute Gasteiger partial charge is 0.494 e. The highest BCUT2D eigenvalue weighted by molar-refractivity contribution is 5.95. The van der Waals surface area contributed by atoms with Gasteiger partial charge in [-0.1, -0.05) is 19.1 Å². The molecule has 0 fully saturated rings. The third-order valence-electron chi connectivity index (χ3n) is 3.39. The van der Waals surface area contributed by atoms with E-state index in [1.807, 2.05) is 31.2 Å². The molecule has 0 atom stereocenters. The molecule has 0 bridgehead atoms. The molecular weight excluding hydrogens is 298 g/mol. The van der Waals surface area contributed by atoms with Crippen LogP contribution in [-0.4, -0.2) is 40.4 Å². The van der Waals surface area contributed by atoms with Crippen molar-refractivity contribution >= 4 is 11.9 Å². The Morgan fingerprint density at radius 3 is 2.74 bits per heavy atom. The number of ether oxygens (including phenoxy) is 1. The van der Waals surface area contributed by atoms with E-state index < -0.39 is 5.97 Å². The van der Waals surface area contributed by atoms with Gasteiger partial charge in [0, 0.05) is 6.54 Å². The number of rotatable bonds is 7. The molecule has 2 aromatic rings. The van der Waals surface area contributed by atoms with E-state index in [9.17, 15) is 9.59 Å². The third-order valence-corrected chi connectivity index (χ3v) is 3.39. The lowest BCUT2D eigenvalue weighted by molar-refractivity contribution is -0.136. The molecule has 1 aromatic heterocycles. The van der Waals surface area contributed by atoms with Gasteiger partial charge in [0.2, 0.25) is 0 Å². The molecule has 122 valence electrons. The molecule has 0 radical (unpaired) electrons. The number of aromatic nitrogens is 2. The summed E-state index contributed by atoms with van der Waals surface area (Å²) in [7, 11) is 1.58. The van der Waals surface area contributed by atoms with Gasteiger partial charge < -0.3 is 15.2 Å². The molecule has 7 nitrogen and oxygen atoms in total. The molecule has 0 aliphatic heterocycles. The number of carbonyl (C=O) groups is 2. The number of carboxylic acids is 1. The standard InChI is InChI=1S/C16H19N3O4/c1-3-12-11(16(22)17-9-8-15(20)21)10-18-19(12)13-6-4-5-7-14(13)23-2/h4-7,10H,3,8-9H2,1-2H3,(H,17,22)(H,20,21). The summed E-state index contributed by atoms with van der Waals surface area (Å²) < 4.78 is 7.01. The molecule has 1 amide bonds. The van der Waals surface area contributed by atoms with Crippen molar-refractivity contribution in [3.05, 3.63) is 41.7 Å². The summed E-state index contributed by atoms with van der Waals surface area (Å²) in [5.74, 6) is -0.627. The molecule has 0 saturated heterocycles. The van der Waals surface area contributed by atoms with Crippen molar-refractivity contribution in [2.75, 3.05) is 13.7 Å². The van der Waals surface area contributed by atoms with Gasteiger partial charge in [-0.25, -0.2) is 4.68 Å². The van der Waals surface area contributed by atoms with Crippen LogP contribution in [0.1, 0.15) is 29.4 Å². The topological polar surface area (TPSA) is 93.5 Å². The number of carbonyl (C=O) groups excluding carboxylic acids is 1. The van der Waals surface area contributed by atoms with E-state index in [0.29, 0.717) is 17.7 Å². The zero-order chi connectivity index (χ0) is 16.8. The van der Waals surface area contributed by atoms with E-state index in [0.717, 1.165) is 11.4 Å². The van der Waals surface area contributed by atoms with Gasteiger partial charge in [0.15, 0.2) is 0 Å². The second kappa shape index (κ2) is 7.44. The number of hydrogen-bond donors (Lipinski definition) is 2. The first kappa shape index (κ1) is 16.5. The summed E-state index contributed by atoms with van der Waals surface area (Å²) in [6.07, 6.45) is 1.97. The van der Waals surface area contributed by atoms with Crippen molar-refractivity contribution in [1.29, 1.82) is 0 Å². The quantitative estimate of drug-likeness (QED) is 0.810. The van der Waals surface area contributed by atoms with Crippen LogP contribution in [0.3, 0.4) is 0 Å². The van der Waals surface area contributed by atoms with Crippen molar-refractivity contribution in [3.8, 4) is 11.4 Å². The molecule has 0 unspecified atom stereocenters. The Balaban J connectivity index is 2.29. The lowest BCUT2D eigenvalue weighted by Crippen LogP contribution is -2.26. The Labute approximate surface area is 133 Å². The Kier molecular flexibility index (Phi) is 5.35. The first-order valence-corrected chi connectivity index (χ1v) is 7.28. The molecule has 2 N–H and O–H groups in total. The van der Waals surface area contributed by atoms with E-state index in [1.54, 1.807) is 11.8 Å². The Morgan fingerprint density at radius 1 is 1.35 bits per heavy atom. The van der Waals surface area contributed by atoms with Crippen LogP contribution in [0.4, 0.5) is 0 Å². The summed E-state index contributed by atoms with van der Waals surface area (Å²) in [6, 6.07) is 7.41. The minimum Gasteiger partial charge on any atom is -0.494 e. The normalized spacial score (nSPS) is 10.3. The van der Waals surface area contributed by atoms with E-state index in [4.69, 9.17) is 9.84 Å². The fourth-order valence-electron chi connectivity index (χ4n) is 2.29. The monoisotopic (exact) mass is 317 g/mol. The lowest BCUT2D eigenvalue weighted by Gasteiger charge is -2.11. The first-order valence-electron chi connectivity index (χ1n) is 7.28. The third kappa shape index (κ3) is 3.68. The smallest absolute Gasteiger partial charge is 0.305 e. The van der Waals surface area contributed by atoms with Gasteiger partial charge in [-0.15, -0.1) is 0 Å². The number of benzene rings is 1. The van der Waals surface area contributed by atoms with E-state index in [2.05, 4.69) is 10.4 Å². The molecule has 0 saturated carbocycles. The van der Waals surface area contributed by atoms with Gasteiger partial charge in [0.05, 0.1) is 31.0 Å². The maximum atomic E-state index is 12.2. The summed E-state index contributed by atoms with van der Waals surface area (Å²) >= 11 is 0. The van der Waals surface area contributed by atoms with Crippen LogP contribution < -0.4 is 10.1 Å². The van der Waals surface area contributed by atoms with Crippen LogP contribution >= 0.6 is 0 Å². The highest BCUT2D eigenvalue weighted by Gasteiger charge is 2.18. The molecule has 7 heteroatoms. The van der Waals surface area contributed by atoms with E-state index >= 15 is 0 Å². The lowest BCUT2D eigenvalue weighted by atomic mass is 10.2. The van der Waals surface area contributed by atoms with Crippen LogP contribution in [0.2, 0.25) is 0 Å². The Morgan fingerprint density at radius 2 is 2.09 bits per heavy atom. The zero-order valence-corrected chi connectivity index (χ0v) is 13.1.